The fourth-order valence-electron chi connectivity index (χ4n) is 1.90. The Bertz CT molecular complexity index is 184. The average molecular weight is 215 g/mol. The lowest BCUT2D eigenvalue weighted by atomic mass is 9.99. The van der Waals surface area contributed by atoms with Gasteiger partial charge in [-0.2, -0.15) is 0 Å². The van der Waals surface area contributed by atoms with E-state index < -0.39 is 0 Å². The fourth-order valence-corrected chi connectivity index (χ4v) is 2.13. The molecule has 0 bridgehead atoms. The average Bonchev–Trinajstić information content (AvgIpc) is 2.15. The third-order valence-electron chi connectivity index (χ3n) is 2.61. The largest absolute Gasteiger partial charge is 0.363 e. The minimum atomic E-state index is 0.755. The van der Waals surface area contributed by atoms with Gasteiger partial charge in [-0.05, 0) is 51.5 Å². The van der Waals surface area contributed by atoms with Crippen LogP contribution in [0.4, 0.5) is 0 Å². The Kier molecular flexibility index (Phi) is 5.19. The van der Waals surface area contributed by atoms with Crippen LogP contribution in [0.15, 0.2) is 0 Å². The van der Waals surface area contributed by atoms with Gasteiger partial charge >= 0.3 is 0 Å². The zero-order chi connectivity index (χ0) is 10.4. The maximum absolute atomic E-state index is 5.12. The van der Waals surface area contributed by atoms with Crippen molar-refractivity contribution >= 4 is 17.3 Å². The van der Waals surface area contributed by atoms with E-state index in [2.05, 4.69) is 29.5 Å². The van der Waals surface area contributed by atoms with Crippen LogP contribution < -0.4 is 10.6 Å². The third kappa shape index (κ3) is 4.24. The van der Waals surface area contributed by atoms with Crippen LogP contribution >= 0.6 is 12.2 Å². The molecule has 0 aliphatic carbocycles. The Hall–Kier alpha value is -0.350. The molecule has 1 aliphatic heterocycles. The molecule has 0 saturated carbocycles. The van der Waals surface area contributed by atoms with Gasteiger partial charge in [0.15, 0.2) is 5.11 Å². The van der Waals surface area contributed by atoms with Crippen LogP contribution in [-0.2, 0) is 0 Å². The summed E-state index contributed by atoms with van der Waals surface area (Å²) in [5.41, 5.74) is 0. The van der Waals surface area contributed by atoms with Gasteiger partial charge in [-0.1, -0.05) is 0 Å². The number of piperidine rings is 1. The summed E-state index contributed by atoms with van der Waals surface area (Å²) in [5.74, 6) is 0.755. The van der Waals surface area contributed by atoms with E-state index in [-0.39, 0.29) is 0 Å². The molecule has 0 spiro atoms. The highest BCUT2D eigenvalue weighted by molar-refractivity contribution is 7.80. The molecule has 82 valence electrons. The van der Waals surface area contributed by atoms with Gasteiger partial charge in [0, 0.05) is 19.6 Å². The number of likely N-dealkylation sites (tertiary alicyclic amines) is 1. The van der Waals surface area contributed by atoms with Crippen molar-refractivity contribution in [2.75, 3.05) is 33.2 Å². The zero-order valence-electron chi connectivity index (χ0n) is 9.18. The number of nitrogens with zero attached hydrogens (tertiary/aromatic N) is 1. The molecule has 4 heteroatoms. The molecule has 2 N–H and O–H groups in total. The van der Waals surface area contributed by atoms with Crippen LogP contribution in [0.5, 0.6) is 0 Å². The van der Waals surface area contributed by atoms with Crippen molar-refractivity contribution in [3.05, 3.63) is 0 Å². The van der Waals surface area contributed by atoms with Crippen LogP contribution in [0.3, 0.4) is 0 Å². The van der Waals surface area contributed by atoms with Gasteiger partial charge < -0.3 is 15.5 Å². The maximum Gasteiger partial charge on any atom is 0.166 e. The van der Waals surface area contributed by atoms with Gasteiger partial charge in [0.05, 0.1) is 0 Å². The van der Waals surface area contributed by atoms with E-state index in [1.54, 1.807) is 0 Å². The lowest BCUT2D eigenvalue weighted by molar-refractivity contribution is 0.210. The first-order chi connectivity index (χ1) is 6.72. The van der Waals surface area contributed by atoms with Crippen molar-refractivity contribution in [3.8, 4) is 0 Å². The second-order valence-electron chi connectivity index (χ2n) is 4.01. The topological polar surface area (TPSA) is 27.3 Å². The van der Waals surface area contributed by atoms with E-state index in [1.165, 1.54) is 25.9 Å². The number of nitrogens with one attached hydrogen (secondary N) is 2. The monoisotopic (exact) mass is 215 g/mol. The quantitative estimate of drug-likeness (QED) is 0.681. The van der Waals surface area contributed by atoms with Gasteiger partial charge in [-0.25, -0.2) is 0 Å². The predicted octanol–water partition coefficient (Wildman–Crippen LogP) is 0.812. The molecule has 3 nitrogen and oxygen atoms in total. The van der Waals surface area contributed by atoms with Gasteiger partial charge in [-0.3, -0.25) is 0 Å². The summed E-state index contributed by atoms with van der Waals surface area (Å²) in [6.45, 7) is 6.41. The van der Waals surface area contributed by atoms with Crippen molar-refractivity contribution in [3.63, 3.8) is 0 Å². The highest BCUT2D eigenvalue weighted by Gasteiger charge is 2.16. The lowest BCUT2D eigenvalue weighted by Crippen LogP contribution is -2.42. The Morgan fingerprint density at radius 3 is 2.93 bits per heavy atom. The standard InChI is InChI=1S/C10H21N3S/c1-3-11-10(14)12-7-9-5-4-6-13(2)8-9/h9H,3-8H2,1-2H3,(H2,11,12,14). The Balaban J connectivity index is 2.14. The fraction of sp³-hybridized carbons (Fsp3) is 0.900. The molecule has 0 amide bonds. The summed E-state index contributed by atoms with van der Waals surface area (Å²) in [4.78, 5) is 2.39. The van der Waals surface area contributed by atoms with Crippen molar-refractivity contribution in [2.45, 2.75) is 19.8 Å². The molecule has 1 fully saturated rings. The SMILES string of the molecule is CCNC(=S)NCC1CCCN(C)C1. The molecular weight excluding hydrogens is 194 g/mol. The molecule has 0 aromatic carbocycles. The van der Waals surface area contributed by atoms with Crippen LogP contribution in [0.1, 0.15) is 19.8 Å². The molecule has 1 aliphatic rings. The number of thiocarbonyl (C=S) groups is 1. The summed E-state index contributed by atoms with van der Waals surface area (Å²) in [5, 5.41) is 7.16. The second kappa shape index (κ2) is 6.19. The molecule has 1 unspecified atom stereocenters. The first-order valence-corrected chi connectivity index (χ1v) is 5.83. The van der Waals surface area contributed by atoms with E-state index in [9.17, 15) is 0 Å². The summed E-state index contributed by atoms with van der Waals surface area (Å²) >= 11 is 5.12. The molecule has 0 aromatic heterocycles. The highest BCUT2D eigenvalue weighted by Crippen LogP contribution is 2.13. The molecule has 1 rings (SSSR count). The predicted molar refractivity (Wildman–Crippen MR) is 64.5 cm³/mol. The van der Waals surface area contributed by atoms with E-state index in [4.69, 9.17) is 12.2 Å². The molecular formula is C10H21N3S. The van der Waals surface area contributed by atoms with E-state index in [0.29, 0.717) is 0 Å². The third-order valence-corrected chi connectivity index (χ3v) is 2.90. The van der Waals surface area contributed by atoms with Crippen LogP contribution in [0, 0.1) is 5.92 Å². The second-order valence-corrected chi connectivity index (χ2v) is 4.42. The summed E-state index contributed by atoms with van der Waals surface area (Å²) < 4.78 is 0. The van der Waals surface area contributed by atoms with Crippen molar-refractivity contribution in [1.29, 1.82) is 0 Å². The highest BCUT2D eigenvalue weighted by atomic mass is 32.1. The molecule has 0 aromatic rings. The lowest BCUT2D eigenvalue weighted by Gasteiger charge is -2.30. The first-order valence-electron chi connectivity index (χ1n) is 5.42. The van der Waals surface area contributed by atoms with Crippen LogP contribution in [-0.4, -0.2) is 43.2 Å². The molecule has 0 radical (unpaired) electrons. The maximum atomic E-state index is 5.12. The van der Waals surface area contributed by atoms with Gasteiger partial charge in [0.25, 0.3) is 0 Å². The van der Waals surface area contributed by atoms with Gasteiger partial charge in [0.1, 0.15) is 0 Å². The zero-order valence-corrected chi connectivity index (χ0v) is 9.99. The van der Waals surface area contributed by atoms with E-state index >= 15 is 0 Å². The minimum absolute atomic E-state index is 0.755. The minimum Gasteiger partial charge on any atom is -0.363 e. The van der Waals surface area contributed by atoms with Gasteiger partial charge in [0.2, 0.25) is 0 Å². The number of hydrogen-bond donors (Lipinski definition) is 2. The summed E-state index contributed by atoms with van der Waals surface area (Å²) in [6, 6.07) is 0. The van der Waals surface area contributed by atoms with Gasteiger partial charge in [-0.15, -0.1) is 0 Å². The Morgan fingerprint density at radius 1 is 1.50 bits per heavy atom. The normalized spacial score (nSPS) is 23.1. The summed E-state index contributed by atoms with van der Waals surface area (Å²) in [6.07, 6.45) is 2.64. The molecule has 14 heavy (non-hydrogen) atoms. The smallest absolute Gasteiger partial charge is 0.166 e. The Labute approximate surface area is 92.2 Å². The van der Waals surface area contributed by atoms with E-state index in [1.807, 2.05) is 0 Å². The molecule has 1 heterocycles. The first kappa shape index (κ1) is 11.7. The molecule has 1 atom stereocenters. The van der Waals surface area contributed by atoms with E-state index in [0.717, 1.165) is 24.1 Å². The summed E-state index contributed by atoms with van der Waals surface area (Å²) in [7, 11) is 2.19. The number of hydrogen-bond acceptors (Lipinski definition) is 2. The van der Waals surface area contributed by atoms with Crippen LogP contribution in [0.25, 0.3) is 0 Å². The van der Waals surface area contributed by atoms with Crippen molar-refractivity contribution in [1.82, 2.24) is 15.5 Å². The van der Waals surface area contributed by atoms with Crippen molar-refractivity contribution in [2.24, 2.45) is 5.92 Å². The number of rotatable bonds is 3. The van der Waals surface area contributed by atoms with Crippen molar-refractivity contribution < 1.29 is 0 Å². The molecule has 1 saturated heterocycles. The Morgan fingerprint density at radius 2 is 2.29 bits per heavy atom. The van der Waals surface area contributed by atoms with Crippen LogP contribution in [0.2, 0.25) is 0 Å².